The van der Waals surface area contributed by atoms with E-state index in [1.807, 2.05) is 0 Å². The second-order valence-electron chi connectivity index (χ2n) is 4.45. The lowest BCUT2D eigenvalue weighted by Gasteiger charge is -2.38. The summed E-state index contributed by atoms with van der Waals surface area (Å²) in [5.74, 6) is 2.53. The van der Waals surface area contributed by atoms with Crippen molar-refractivity contribution in [1.29, 1.82) is 0 Å². The molecule has 0 bridgehead atoms. The van der Waals surface area contributed by atoms with Gasteiger partial charge in [0.2, 0.25) is 0 Å². The summed E-state index contributed by atoms with van der Waals surface area (Å²) in [6.07, 6.45) is 5.11. The number of rotatable bonds is 6. The van der Waals surface area contributed by atoms with Crippen LogP contribution in [0.4, 0.5) is 0 Å². The van der Waals surface area contributed by atoms with E-state index in [0.717, 1.165) is 5.92 Å². The maximum atomic E-state index is 2.43. The minimum absolute atomic E-state index is 0.529. The van der Waals surface area contributed by atoms with Crippen LogP contribution in [0.2, 0.25) is 0 Å². The normalized spacial score (nSPS) is 15.0. The molecule has 0 rings (SSSR count). The molecule has 1 unspecified atom stereocenters. The number of hydrogen-bond donors (Lipinski definition) is 0. The smallest absolute Gasteiger partial charge is 0.0213 e. The van der Waals surface area contributed by atoms with Crippen molar-refractivity contribution in [2.75, 3.05) is 0 Å². The predicted octanol–water partition coefficient (Wildman–Crippen LogP) is 4.84. The van der Waals surface area contributed by atoms with E-state index in [0.29, 0.717) is 5.41 Å². The minimum Gasteiger partial charge on any atom is -0.0649 e. The topological polar surface area (TPSA) is 0 Å². The Morgan fingerprint density at radius 3 is 1.62 bits per heavy atom. The maximum Gasteiger partial charge on any atom is -0.0213 e. The van der Waals surface area contributed by atoms with E-state index in [1.165, 1.54) is 25.7 Å². The van der Waals surface area contributed by atoms with Crippen molar-refractivity contribution in [3.63, 3.8) is 0 Å². The van der Waals surface area contributed by atoms with Crippen LogP contribution in [0.1, 0.15) is 67.2 Å². The highest BCUT2D eigenvalue weighted by Gasteiger charge is 2.31. The highest BCUT2D eigenvalue weighted by Crippen LogP contribution is 2.41. The first kappa shape index (κ1) is 13.0. The molecule has 0 aliphatic heterocycles. The van der Waals surface area contributed by atoms with Crippen molar-refractivity contribution in [2.24, 2.45) is 11.3 Å². The fourth-order valence-electron chi connectivity index (χ4n) is 2.22. The Balaban J connectivity index is 4.42. The fraction of sp³-hybridized carbons (Fsp3) is 0.923. The summed E-state index contributed by atoms with van der Waals surface area (Å²) in [7, 11) is 0. The van der Waals surface area contributed by atoms with Gasteiger partial charge in [-0.15, -0.1) is 0 Å². The first-order valence-corrected chi connectivity index (χ1v) is 5.90. The van der Waals surface area contributed by atoms with Gasteiger partial charge in [-0.25, -0.2) is 0 Å². The average Bonchev–Trinajstić information content (AvgIpc) is 2.18. The predicted molar refractivity (Wildman–Crippen MR) is 61.7 cm³/mol. The molecule has 1 radical (unpaired) electrons. The van der Waals surface area contributed by atoms with E-state index in [2.05, 4.69) is 41.5 Å². The Morgan fingerprint density at radius 2 is 1.38 bits per heavy atom. The molecule has 1 atom stereocenters. The molecule has 0 aromatic carbocycles. The molecular weight excluding hydrogens is 156 g/mol. The Bertz CT molecular complexity index is 118. The van der Waals surface area contributed by atoms with Gasteiger partial charge in [-0.2, -0.15) is 0 Å². The Morgan fingerprint density at radius 1 is 1.00 bits per heavy atom. The average molecular weight is 183 g/mol. The van der Waals surface area contributed by atoms with Gasteiger partial charge < -0.3 is 0 Å². The van der Waals surface area contributed by atoms with Crippen molar-refractivity contribution in [3.05, 3.63) is 5.92 Å². The van der Waals surface area contributed by atoms with E-state index < -0.39 is 0 Å². The lowest BCUT2D eigenvalue weighted by atomic mass is 9.67. The quantitative estimate of drug-likeness (QED) is 0.552. The molecule has 0 aliphatic rings. The van der Waals surface area contributed by atoms with Crippen LogP contribution in [0.3, 0.4) is 0 Å². The summed E-state index contributed by atoms with van der Waals surface area (Å²) in [4.78, 5) is 0. The van der Waals surface area contributed by atoms with Crippen molar-refractivity contribution < 1.29 is 0 Å². The molecule has 0 fully saturated rings. The third-order valence-electron chi connectivity index (χ3n) is 4.18. The summed E-state index contributed by atoms with van der Waals surface area (Å²) in [5.41, 5.74) is 0.529. The van der Waals surface area contributed by atoms with Gasteiger partial charge >= 0.3 is 0 Å². The van der Waals surface area contributed by atoms with Gasteiger partial charge in [-0.05, 0) is 30.1 Å². The minimum atomic E-state index is 0.529. The van der Waals surface area contributed by atoms with E-state index >= 15 is 0 Å². The molecule has 0 aromatic heterocycles. The van der Waals surface area contributed by atoms with Crippen molar-refractivity contribution in [2.45, 2.75) is 67.2 Å². The zero-order valence-corrected chi connectivity index (χ0v) is 10.4. The Kier molecular flexibility index (Phi) is 5.67. The summed E-state index contributed by atoms with van der Waals surface area (Å²) in [6.45, 7) is 14.1. The first-order valence-electron chi connectivity index (χ1n) is 5.90. The van der Waals surface area contributed by atoms with Gasteiger partial charge in [0.25, 0.3) is 0 Å². The second kappa shape index (κ2) is 5.67. The highest BCUT2D eigenvalue weighted by atomic mass is 14.4. The van der Waals surface area contributed by atoms with Crippen molar-refractivity contribution in [1.82, 2.24) is 0 Å². The summed E-state index contributed by atoms with van der Waals surface area (Å²) in [6, 6.07) is 0. The molecule has 0 spiro atoms. The molecule has 13 heavy (non-hydrogen) atoms. The van der Waals surface area contributed by atoms with E-state index in [-0.39, 0.29) is 0 Å². The zero-order valence-electron chi connectivity index (χ0n) is 10.4. The van der Waals surface area contributed by atoms with Gasteiger partial charge in [-0.3, -0.25) is 0 Å². The van der Waals surface area contributed by atoms with Crippen LogP contribution in [-0.4, -0.2) is 0 Å². The molecule has 0 aromatic rings. The molecule has 0 aliphatic carbocycles. The van der Waals surface area contributed by atoms with Crippen LogP contribution in [0.5, 0.6) is 0 Å². The Labute approximate surface area is 85.1 Å². The molecule has 79 valence electrons. The molecule has 0 saturated heterocycles. The Hall–Kier alpha value is 0. The molecular formula is C13H27. The van der Waals surface area contributed by atoms with Crippen LogP contribution >= 0.6 is 0 Å². The van der Waals surface area contributed by atoms with Gasteiger partial charge in [-0.1, -0.05) is 54.4 Å². The zero-order chi connectivity index (χ0) is 10.5. The van der Waals surface area contributed by atoms with E-state index in [1.54, 1.807) is 5.92 Å². The highest BCUT2D eigenvalue weighted by molar-refractivity contribution is 4.99. The summed E-state index contributed by atoms with van der Waals surface area (Å²) in [5, 5.41) is 0. The third kappa shape index (κ3) is 3.00. The largest absolute Gasteiger partial charge is 0.0649 e. The molecule has 0 heterocycles. The molecule has 0 amide bonds. The molecule has 0 saturated carbocycles. The third-order valence-corrected chi connectivity index (χ3v) is 4.18. The van der Waals surface area contributed by atoms with Gasteiger partial charge in [0, 0.05) is 0 Å². The lowest BCUT2D eigenvalue weighted by molar-refractivity contribution is 0.185. The van der Waals surface area contributed by atoms with E-state index in [4.69, 9.17) is 0 Å². The fourth-order valence-corrected chi connectivity index (χ4v) is 2.22. The standard InChI is InChI=1S/C13H27/c1-7-12(8-2)11(5)13(6,9-3)10-4/h11H,7-10H2,1-6H3. The van der Waals surface area contributed by atoms with Gasteiger partial charge in [0.05, 0.1) is 0 Å². The van der Waals surface area contributed by atoms with Crippen LogP contribution in [0, 0.1) is 17.3 Å². The summed E-state index contributed by atoms with van der Waals surface area (Å²) >= 11 is 0. The van der Waals surface area contributed by atoms with Crippen LogP contribution in [0.25, 0.3) is 0 Å². The monoisotopic (exact) mass is 183 g/mol. The van der Waals surface area contributed by atoms with E-state index in [9.17, 15) is 0 Å². The van der Waals surface area contributed by atoms with Crippen LogP contribution < -0.4 is 0 Å². The van der Waals surface area contributed by atoms with Gasteiger partial charge in [0.15, 0.2) is 0 Å². The van der Waals surface area contributed by atoms with Crippen molar-refractivity contribution >= 4 is 0 Å². The molecule has 0 N–H and O–H groups in total. The second-order valence-corrected chi connectivity index (χ2v) is 4.45. The van der Waals surface area contributed by atoms with Crippen LogP contribution in [-0.2, 0) is 0 Å². The SMILES string of the molecule is CC[C](CC)C(C)C(C)(CC)CC. The van der Waals surface area contributed by atoms with Crippen molar-refractivity contribution in [3.8, 4) is 0 Å². The van der Waals surface area contributed by atoms with Gasteiger partial charge in [0.1, 0.15) is 0 Å². The molecule has 0 nitrogen and oxygen atoms in total. The first-order chi connectivity index (χ1) is 6.05. The molecule has 0 heteroatoms. The lowest BCUT2D eigenvalue weighted by Crippen LogP contribution is -2.28. The maximum absolute atomic E-state index is 2.43. The number of hydrogen-bond acceptors (Lipinski definition) is 0. The summed E-state index contributed by atoms with van der Waals surface area (Å²) < 4.78 is 0. The van der Waals surface area contributed by atoms with Crippen LogP contribution in [0.15, 0.2) is 0 Å².